The van der Waals surface area contributed by atoms with Gasteiger partial charge in [-0.05, 0) is 55.8 Å². The molecule has 482 valence electrons. The molecule has 0 radical (unpaired) electrons. The summed E-state index contributed by atoms with van der Waals surface area (Å²) in [4.78, 5) is 120. The zero-order valence-corrected chi connectivity index (χ0v) is 50.1. The summed E-state index contributed by atoms with van der Waals surface area (Å²) in [6.45, 7) is 9.66. The molecule has 4 aliphatic heterocycles. The summed E-state index contributed by atoms with van der Waals surface area (Å²) < 4.78 is 51.5. The molecule has 0 unspecified atom stereocenters. The maximum absolute atomic E-state index is 13.9. The van der Waals surface area contributed by atoms with Gasteiger partial charge in [0, 0.05) is 80.3 Å². The number of carbonyl (C=O) groups excluding carboxylic acids is 8. The third kappa shape index (κ3) is 18.8. The summed E-state index contributed by atoms with van der Waals surface area (Å²) >= 11 is 0. The molecule has 6 heterocycles. The van der Waals surface area contributed by atoms with E-state index in [0.29, 0.717) is 93.9 Å². The Hall–Kier alpha value is -7.48. The lowest BCUT2D eigenvalue weighted by Gasteiger charge is -2.31. The molecule has 0 aliphatic carbocycles. The molecule has 9 N–H and O–H groups in total. The third-order valence-electron chi connectivity index (χ3n) is 14.9. The van der Waals surface area contributed by atoms with Crippen molar-refractivity contribution in [2.75, 3.05) is 125 Å². The first kappa shape index (κ1) is 68.0. The molecule has 29 heteroatoms. The average molecular weight is 1240 g/mol. The fraction of sp³-hybridized carbons (Fsp3) is 0.593. The lowest BCUT2D eigenvalue weighted by Crippen LogP contribution is -2.56. The van der Waals surface area contributed by atoms with E-state index in [9.17, 15) is 48.3 Å². The van der Waals surface area contributed by atoms with Crippen molar-refractivity contribution >= 4 is 58.2 Å². The summed E-state index contributed by atoms with van der Waals surface area (Å²) in [6.07, 6.45) is 3.72. The number of fused-ring (bicyclic) bond motifs is 6. The van der Waals surface area contributed by atoms with E-state index < -0.39 is 59.1 Å². The van der Waals surface area contributed by atoms with Crippen LogP contribution in [0.1, 0.15) is 81.5 Å². The predicted molar refractivity (Wildman–Crippen MR) is 313 cm³/mol. The number of unbranched alkanes of at least 4 members (excludes halogenated alkanes) is 1. The monoisotopic (exact) mass is 1230 g/mol. The Bertz CT molecular complexity index is 3030. The Morgan fingerprint density at radius 2 is 1.32 bits per heavy atom. The van der Waals surface area contributed by atoms with Crippen molar-refractivity contribution in [1.29, 1.82) is 0 Å². The second kappa shape index (κ2) is 34.3. The first-order valence-electron chi connectivity index (χ1n) is 29.8. The fourth-order valence-corrected chi connectivity index (χ4v) is 10.00. The van der Waals surface area contributed by atoms with Crippen LogP contribution in [0.2, 0.25) is 0 Å². The van der Waals surface area contributed by atoms with Crippen LogP contribution in [-0.4, -0.2) is 204 Å². The lowest BCUT2D eigenvalue weighted by atomic mass is 9.86. The van der Waals surface area contributed by atoms with Crippen molar-refractivity contribution < 1.29 is 86.1 Å². The quantitative estimate of drug-likeness (QED) is 0.0147. The van der Waals surface area contributed by atoms with Gasteiger partial charge >= 0.3 is 5.97 Å². The molecule has 88 heavy (non-hydrogen) atoms. The lowest BCUT2D eigenvalue weighted by molar-refractivity contribution is -0.172. The summed E-state index contributed by atoms with van der Waals surface area (Å²) in [5, 5.41) is 29.0. The number of hydrogen-bond donors (Lipinski definition) is 8. The highest BCUT2D eigenvalue weighted by Crippen LogP contribution is 2.43. The molecular formula is C59H82N10O19. The maximum Gasteiger partial charge on any atom is 0.343 e. The second-order valence-electron chi connectivity index (χ2n) is 21.3. The number of pyridine rings is 2. The third-order valence-corrected chi connectivity index (χ3v) is 14.9. The number of rotatable bonds is 41. The highest BCUT2D eigenvalue weighted by Gasteiger charge is 2.46. The average Bonchev–Trinajstić information content (AvgIpc) is 1.50. The second-order valence-corrected chi connectivity index (χ2v) is 21.3. The van der Waals surface area contributed by atoms with Crippen molar-refractivity contribution in [2.24, 2.45) is 11.7 Å². The van der Waals surface area contributed by atoms with E-state index in [1.807, 2.05) is 6.07 Å². The number of benzene rings is 1. The number of carbonyl (C=O) groups is 8. The Kier molecular flexibility index (Phi) is 26.5. The van der Waals surface area contributed by atoms with Crippen molar-refractivity contribution in [3.05, 3.63) is 63.0 Å². The van der Waals surface area contributed by atoms with E-state index in [1.165, 1.54) is 12.2 Å². The molecule has 1 aromatic carbocycles. The molecule has 3 atom stereocenters. The molecule has 0 bridgehead atoms. The number of nitrogens with one attached hydrogen (secondary N) is 6. The number of esters is 1. The van der Waals surface area contributed by atoms with Crippen LogP contribution in [0, 0.1) is 5.92 Å². The van der Waals surface area contributed by atoms with Gasteiger partial charge in [-0.2, -0.15) is 0 Å². The topological polar surface area (TPSA) is 376 Å². The van der Waals surface area contributed by atoms with Crippen LogP contribution in [0.3, 0.4) is 0 Å². The molecule has 7 amide bonds. The normalized spacial score (nSPS) is 16.1. The number of amides is 7. The van der Waals surface area contributed by atoms with Crippen LogP contribution >= 0.6 is 0 Å². The largest absolute Gasteiger partial charge is 0.458 e. The maximum atomic E-state index is 13.9. The van der Waals surface area contributed by atoms with Gasteiger partial charge in [0.05, 0.1) is 115 Å². The predicted octanol–water partition coefficient (Wildman–Crippen LogP) is -1.19. The van der Waals surface area contributed by atoms with Gasteiger partial charge in [-0.3, -0.25) is 43.3 Å². The fourth-order valence-electron chi connectivity index (χ4n) is 10.00. The number of nitrogens with zero attached hydrogens (tertiary/aromatic N) is 3. The number of cyclic esters (lactones) is 1. The van der Waals surface area contributed by atoms with E-state index in [-0.39, 0.29) is 147 Å². The number of hydrogen-bond acceptors (Lipinski definition) is 22. The molecule has 4 aliphatic rings. The highest BCUT2D eigenvalue weighted by atomic mass is 16.7. The highest BCUT2D eigenvalue weighted by molar-refractivity contribution is 6.13. The van der Waals surface area contributed by atoms with Crippen molar-refractivity contribution in [3.63, 3.8) is 0 Å². The number of aromatic nitrogens is 2. The van der Waals surface area contributed by atoms with E-state index in [4.69, 9.17) is 53.3 Å². The van der Waals surface area contributed by atoms with Gasteiger partial charge in [-0.15, -0.1) is 0 Å². The molecule has 0 fully saturated rings. The van der Waals surface area contributed by atoms with Gasteiger partial charge in [0.1, 0.15) is 18.7 Å². The van der Waals surface area contributed by atoms with Gasteiger partial charge < -0.3 is 89.9 Å². The molecule has 0 saturated carbocycles. The molecule has 29 nitrogen and oxygen atoms in total. The zero-order valence-electron chi connectivity index (χ0n) is 50.1. The van der Waals surface area contributed by atoms with Gasteiger partial charge in [0.15, 0.2) is 17.1 Å². The number of nitrogens with two attached hydrogens (primary N) is 1. The molecule has 7 rings (SSSR count). The van der Waals surface area contributed by atoms with E-state index in [1.54, 1.807) is 37.5 Å². The summed E-state index contributed by atoms with van der Waals surface area (Å²) in [6, 6.07) is 3.40. The first-order valence-corrected chi connectivity index (χ1v) is 29.8. The smallest absolute Gasteiger partial charge is 0.343 e. The van der Waals surface area contributed by atoms with Crippen LogP contribution in [-0.2, 0) is 96.8 Å². The summed E-state index contributed by atoms with van der Waals surface area (Å²) in [5.41, 5.74) is 7.23. The molecule has 3 aromatic rings. The Morgan fingerprint density at radius 1 is 0.705 bits per heavy atom. The van der Waals surface area contributed by atoms with Gasteiger partial charge in [-0.1, -0.05) is 20.8 Å². The summed E-state index contributed by atoms with van der Waals surface area (Å²) in [5.74, 6) is -3.18. The zero-order chi connectivity index (χ0) is 63.0. The van der Waals surface area contributed by atoms with Crippen LogP contribution < -0.4 is 52.7 Å². The minimum Gasteiger partial charge on any atom is -0.458 e. The molecular weight excluding hydrogens is 1150 g/mol. The van der Waals surface area contributed by atoms with Crippen molar-refractivity contribution in [2.45, 2.75) is 96.7 Å². The Labute approximate surface area is 508 Å². The first-order chi connectivity index (χ1) is 42.5. The van der Waals surface area contributed by atoms with E-state index in [0.717, 1.165) is 21.4 Å². The van der Waals surface area contributed by atoms with Crippen LogP contribution in [0.25, 0.3) is 22.3 Å². The minimum absolute atomic E-state index is 0.00273. The standard InChI is InChI=1S/C59H82N10O19/c1-4-59(79)42-30-45-54-40(34-69(45)57(77)41(42)35-86-58(59)78)39(38-29-46-47(88-36-87-46)31-44(38)65-54)32-61-13-18-81-22-23-83-20-15-63-50(72)33-64-55(75)43(7-5-6-12-60)66-56(76)53(37(2)3)67-49(71)11-17-80-21-25-84-27-28-85-26-24-82-19-14-62-48(70)10-16-68-51(73)8-9-52(68)74/h8-9,29-31,37,43,53,61,79H,4-7,10-28,32-36,60H2,1-3H3,(H,62,70)(H,63,72)(H,64,75)(H,66,76)(H,67,71)/t43-,53-,59-/m0/s1. The Balaban J connectivity index is 0.720. The number of imide groups is 1. The van der Waals surface area contributed by atoms with Gasteiger partial charge in [0.25, 0.3) is 17.4 Å². The van der Waals surface area contributed by atoms with Gasteiger partial charge in [-0.25, -0.2) is 9.78 Å². The minimum atomic E-state index is -1.95. The van der Waals surface area contributed by atoms with Crippen LogP contribution in [0.15, 0.2) is 35.1 Å². The van der Waals surface area contributed by atoms with Crippen LogP contribution in [0.5, 0.6) is 11.5 Å². The number of ether oxygens (including phenoxy) is 9. The molecule has 0 saturated heterocycles. The summed E-state index contributed by atoms with van der Waals surface area (Å²) in [7, 11) is 0. The molecule has 2 aromatic heterocycles. The van der Waals surface area contributed by atoms with E-state index in [2.05, 4.69) is 31.9 Å². The van der Waals surface area contributed by atoms with Crippen molar-refractivity contribution in [3.8, 4) is 22.9 Å². The van der Waals surface area contributed by atoms with Crippen LogP contribution in [0.4, 0.5) is 0 Å². The molecule has 0 spiro atoms. The van der Waals surface area contributed by atoms with Gasteiger partial charge in [0.2, 0.25) is 36.3 Å². The SMILES string of the molecule is CC[C@@]1(O)C(=O)OCc2c1cc1n(c2=O)Cc2c-1nc1cc3c(cc1c2CNCCOCCOCCNC(=O)CNC(=O)[C@H](CCCCN)NC(=O)[C@@H](NC(=O)CCOCCOCCOCCOCCNC(=O)CCN1C(=O)C=CC1=O)C(C)C)OCO3. The van der Waals surface area contributed by atoms with Crippen molar-refractivity contribution in [1.82, 2.24) is 46.4 Å². The van der Waals surface area contributed by atoms with E-state index >= 15 is 0 Å². The Morgan fingerprint density at radius 3 is 1.95 bits per heavy atom. The number of aliphatic hydroxyl groups is 1.